The first-order chi connectivity index (χ1) is 11.3. The lowest BCUT2D eigenvalue weighted by atomic mass is 10.1. The van der Waals surface area contributed by atoms with Crippen molar-refractivity contribution in [3.05, 3.63) is 15.1 Å². The highest BCUT2D eigenvalue weighted by Crippen LogP contribution is 2.50. The lowest BCUT2D eigenvalue weighted by Gasteiger charge is -2.38. The molecule has 0 radical (unpaired) electrons. The molecule has 2 aromatic heterocycles. The van der Waals surface area contributed by atoms with E-state index in [-0.39, 0.29) is 28.5 Å². The SMILES string of the molecule is Nc1nc2c(nc(Br)n2[C@@H]2O[C@@H]3COP([O-])(=S)O[C@H]3[C@H]2O)c(=O)[nH]1. The number of aromatic nitrogens is 4. The summed E-state index contributed by atoms with van der Waals surface area (Å²) >= 11 is 7.90. The van der Waals surface area contributed by atoms with Crippen molar-refractivity contribution in [3.8, 4) is 0 Å². The van der Waals surface area contributed by atoms with Crippen LogP contribution in [0.25, 0.3) is 11.2 Å². The molecule has 2 aromatic rings. The second-order valence-corrected chi connectivity index (χ2v) is 8.66. The van der Waals surface area contributed by atoms with Gasteiger partial charge in [-0.25, -0.2) is 4.98 Å². The molecule has 0 amide bonds. The molecule has 130 valence electrons. The number of hydrogen-bond acceptors (Lipinski definition) is 10. The van der Waals surface area contributed by atoms with Crippen LogP contribution in [0.2, 0.25) is 0 Å². The van der Waals surface area contributed by atoms with Gasteiger partial charge in [0.25, 0.3) is 5.56 Å². The average Bonchev–Trinajstić information content (AvgIpc) is 2.96. The Labute approximate surface area is 147 Å². The smallest absolute Gasteiger partial charge is 0.280 e. The third-order valence-corrected chi connectivity index (χ3v) is 5.84. The Morgan fingerprint density at radius 1 is 1.54 bits per heavy atom. The van der Waals surface area contributed by atoms with Crippen LogP contribution in [0.1, 0.15) is 6.23 Å². The minimum Gasteiger partial charge on any atom is -0.780 e. The summed E-state index contributed by atoms with van der Waals surface area (Å²) in [4.78, 5) is 34.1. The topological polar surface area (TPSA) is 161 Å². The molecule has 2 saturated heterocycles. The minimum atomic E-state index is -3.66. The zero-order chi connectivity index (χ0) is 17.2. The van der Waals surface area contributed by atoms with Crippen LogP contribution in [0, 0.1) is 0 Å². The predicted octanol–water partition coefficient (Wildman–Crippen LogP) is -1.28. The Balaban J connectivity index is 1.80. The molecule has 1 unspecified atom stereocenters. The third kappa shape index (κ3) is 2.52. The molecule has 4 N–H and O–H groups in total. The molecule has 0 bridgehead atoms. The molecular weight excluding hydrogens is 429 g/mol. The number of halogens is 1. The summed E-state index contributed by atoms with van der Waals surface area (Å²) < 4.78 is 17.4. The normalized spacial score (nSPS) is 36.1. The van der Waals surface area contributed by atoms with E-state index in [4.69, 9.17) is 19.5 Å². The minimum absolute atomic E-state index is 0.0212. The number of aliphatic hydroxyl groups excluding tert-OH is 1. The Bertz CT molecular complexity index is 934. The van der Waals surface area contributed by atoms with Gasteiger partial charge in [-0.1, -0.05) is 11.8 Å². The van der Waals surface area contributed by atoms with E-state index in [1.807, 2.05) is 0 Å². The highest BCUT2D eigenvalue weighted by molar-refractivity contribution is 9.10. The lowest BCUT2D eigenvalue weighted by Crippen LogP contribution is -2.40. The van der Waals surface area contributed by atoms with Crippen molar-refractivity contribution in [2.45, 2.75) is 24.5 Å². The standard InChI is InChI=1S/C10H11BrN5O6PS/c11-9-13-3-6(14-10(12)15-7(3)18)16(9)8-4(17)5-2(21-8)1-20-23(19,24)22-5/h2,4-5,8,17H,1H2,(H,19,24)(H3,12,14,15,18)/p-1/t2-,4-,5-,8-,23?/m1/s1. The maximum atomic E-state index is 11.9. The fourth-order valence-electron chi connectivity index (χ4n) is 2.74. The summed E-state index contributed by atoms with van der Waals surface area (Å²) in [6.07, 6.45) is -3.86. The molecule has 24 heavy (non-hydrogen) atoms. The van der Waals surface area contributed by atoms with Crippen LogP contribution < -0.4 is 16.2 Å². The zero-order valence-corrected chi connectivity index (χ0v) is 15.0. The summed E-state index contributed by atoms with van der Waals surface area (Å²) in [5.41, 5.74) is 5.18. The van der Waals surface area contributed by atoms with Crippen LogP contribution >= 0.6 is 22.6 Å². The summed E-state index contributed by atoms with van der Waals surface area (Å²) in [6.45, 7) is -3.74. The number of imidazole rings is 1. The molecule has 0 spiro atoms. The van der Waals surface area contributed by atoms with Gasteiger partial charge in [-0.15, -0.1) is 0 Å². The van der Waals surface area contributed by atoms with Crippen LogP contribution in [0.3, 0.4) is 0 Å². The van der Waals surface area contributed by atoms with Crippen LogP contribution in [-0.2, 0) is 25.6 Å². The number of ether oxygens (including phenoxy) is 1. The molecule has 0 saturated carbocycles. The molecule has 2 aliphatic rings. The van der Waals surface area contributed by atoms with E-state index in [1.54, 1.807) is 0 Å². The number of fused-ring (bicyclic) bond motifs is 2. The molecule has 4 rings (SSSR count). The van der Waals surface area contributed by atoms with Crippen molar-refractivity contribution >= 4 is 51.6 Å². The molecule has 2 aliphatic heterocycles. The monoisotopic (exact) mass is 438 g/mol. The molecule has 14 heteroatoms. The number of nitrogens with one attached hydrogen (secondary N) is 1. The van der Waals surface area contributed by atoms with E-state index in [2.05, 4.69) is 42.7 Å². The van der Waals surface area contributed by atoms with E-state index < -0.39 is 36.8 Å². The van der Waals surface area contributed by atoms with Gasteiger partial charge < -0.3 is 29.5 Å². The quantitative estimate of drug-likeness (QED) is 0.361. The average molecular weight is 439 g/mol. The van der Waals surface area contributed by atoms with Gasteiger partial charge >= 0.3 is 0 Å². The molecular formula is C10H10BrN5O6PS-. The fraction of sp³-hybridized carbons (Fsp3) is 0.500. The van der Waals surface area contributed by atoms with Crippen molar-refractivity contribution < 1.29 is 23.8 Å². The second-order valence-electron chi connectivity index (χ2n) is 5.24. The largest absolute Gasteiger partial charge is 0.780 e. The van der Waals surface area contributed by atoms with E-state index >= 15 is 0 Å². The first kappa shape index (κ1) is 16.5. The number of nitrogen functional groups attached to an aromatic ring is 1. The number of hydrogen-bond donors (Lipinski definition) is 3. The molecule has 0 aromatic carbocycles. The molecule has 0 aliphatic carbocycles. The maximum absolute atomic E-state index is 11.9. The van der Waals surface area contributed by atoms with Gasteiger partial charge in [0.1, 0.15) is 25.0 Å². The van der Waals surface area contributed by atoms with Crippen molar-refractivity contribution in [2.75, 3.05) is 12.3 Å². The fourth-order valence-corrected chi connectivity index (χ4v) is 4.72. The van der Waals surface area contributed by atoms with Gasteiger partial charge in [0, 0.05) is 0 Å². The number of aromatic amines is 1. The second kappa shape index (κ2) is 5.54. The summed E-state index contributed by atoms with van der Waals surface area (Å²) in [5, 5.41) is 10.5. The first-order valence-corrected chi connectivity index (χ1v) is 10.0. The zero-order valence-electron chi connectivity index (χ0n) is 11.7. The summed E-state index contributed by atoms with van der Waals surface area (Å²) in [5.74, 6) is -0.110. The highest BCUT2D eigenvalue weighted by atomic mass is 79.9. The number of nitrogens with zero attached hydrogens (tertiary/aromatic N) is 3. The van der Waals surface area contributed by atoms with E-state index in [9.17, 15) is 14.8 Å². The number of rotatable bonds is 1. The van der Waals surface area contributed by atoms with Gasteiger partial charge in [-0.05, 0) is 15.9 Å². The van der Waals surface area contributed by atoms with Gasteiger partial charge in [0.15, 0.2) is 22.1 Å². The number of anilines is 1. The highest BCUT2D eigenvalue weighted by Gasteiger charge is 2.50. The number of H-pyrrole nitrogens is 1. The van der Waals surface area contributed by atoms with E-state index in [0.29, 0.717) is 0 Å². The summed E-state index contributed by atoms with van der Waals surface area (Å²) in [7, 11) is 0. The van der Waals surface area contributed by atoms with E-state index in [0.717, 1.165) is 0 Å². The Hall–Kier alpha value is -0.920. The van der Waals surface area contributed by atoms with Crippen molar-refractivity contribution in [1.82, 2.24) is 19.5 Å². The Morgan fingerprint density at radius 2 is 2.29 bits per heavy atom. The van der Waals surface area contributed by atoms with Crippen LogP contribution in [0.4, 0.5) is 5.95 Å². The molecule has 5 atom stereocenters. The Morgan fingerprint density at radius 3 is 3.04 bits per heavy atom. The Kier molecular flexibility index (Phi) is 3.82. The lowest BCUT2D eigenvalue weighted by molar-refractivity contribution is -0.227. The van der Waals surface area contributed by atoms with Crippen molar-refractivity contribution in [2.24, 2.45) is 0 Å². The van der Waals surface area contributed by atoms with Crippen LogP contribution in [-0.4, -0.2) is 49.5 Å². The number of aliphatic hydroxyl groups is 1. The van der Waals surface area contributed by atoms with Crippen molar-refractivity contribution in [3.63, 3.8) is 0 Å². The van der Waals surface area contributed by atoms with Crippen LogP contribution in [0.5, 0.6) is 0 Å². The summed E-state index contributed by atoms with van der Waals surface area (Å²) in [6, 6.07) is 0. The molecule has 2 fully saturated rings. The van der Waals surface area contributed by atoms with Gasteiger partial charge in [-0.2, -0.15) is 4.98 Å². The first-order valence-electron chi connectivity index (χ1n) is 6.67. The van der Waals surface area contributed by atoms with E-state index in [1.165, 1.54) is 4.57 Å². The third-order valence-electron chi connectivity index (χ3n) is 3.74. The van der Waals surface area contributed by atoms with Gasteiger partial charge in [0.2, 0.25) is 5.95 Å². The molecule has 4 heterocycles. The van der Waals surface area contributed by atoms with Gasteiger partial charge in [0.05, 0.1) is 6.61 Å². The number of nitrogens with two attached hydrogens (primary N) is 1. The maximum Gasteiger partial charge on any atom is 0.280 e. The van der Waals surface area contributed by atoms with Crippen LogP contribution in [0.15, 0.2) is 9.53 Å². The van der Waals surface area contributed by atoms with Gasteiger partial charge in [-0.3, -0.25) is 14.3 Å². The predicted molar refractivity (Wildman–Crippen MR) is 85.3 cm³/mol. The van der Waals surface area contributed by atoms with Crippen molar-refractivity contribution in [1.29, 1.82) is 0 Å². The molecule has 11 nitrogen and oxygen atoms in total.